The smallest absolute Gasteiger partial charge is 0.108 e. The van der Waals surface area contributed by atoms with Crippen molar-refractivity contribution in [1.82, 2.24) is 4.90 Å². The Balaban J connectivity index is 1.70. The third-order valence-electron chi connectivity index (χ3n) is 6.07. The summed E-state index contributed by atoms with van der Waals surface area (Å²) in [7, 11) is -1.34. The highest BCUT2D eigenvalue weighted by atomic mass is 32.3. The molecule has 2 atom stereocenters. The molecule has 30 heavy (non-hydrogen) atoms. The van der Waals surface area contributed by atoms with Gasteiger partial charge < -0.3 is 4.74 Å². The molecule has 1 saturated heterocycles. The molecule has 4 rings (SSSR count). The Morgan fingerprint density at radius 3 is 2.30 bits per heavy atom. The van der Waals surface area contributed by atoms with Crippen molar-refractivity contribution in [2.24, 2.45) is 0 Å². The van der Waals surface area contributed by atoms with E-state index in [1.165, 1.54) is 20.9 Å². The highest BCUT2D eigenvalue weighted by Gasteiger charge is 2.38. The first-order valence-corrected chi connectivity index (χ1v) is 13.1. The van der Waals surface area contributed by atoms with Crippen LogP contribution in [0.1, 0.15) is 24.5 Å². The van der Waals surface area contributed by atoms with E-state index in [-0.39, 0.29) is 5.44 Å². The first kappa shape index (κ1) is 21.2. The summed E-state index contributed by atoms with van der Waals surface area (Å²) in [4.78, 5) is 5.48. The van der Waals surface area contributed by atoms with Gasteiger partial charge in [-0.1, -0.05) is 80.1 Å². The van der Waals surface area contributed by atoms with Crippen LogP contribution in [0.3, 0.4) is 0 Å². The van der Waals surface area contributed by atoms with Crippen molar-refractivity contribution >= 4 is 10.0 Å². The van der Waals surface area contributed by atoms with Crippen LogP contribution in [0, 0.1) is 0 Å². The van der Waals surface area contributed by atoms with Crippen molar-refractivity contribution < 1.29 is 4.74 Å². The van der Waals surface area contributed by atoms with Gasteiger partial charge in [0, 0.05) is 19.6 Å². The number of morpholine rings is 1. The number of hydrogen-bond acceptors (Lipinski definition) is 2. The Bertz CT molecular complexity index is 930. The average molecular weight is 420 g/mol. The van der Waals surface area contributed by atoms with Crippen LogP contribution >= 0.6 is 10.0 Å². The monoisotopic (exact) mass is 419 g/mol. The molecule has 0 spiro atoms. The Kier molecular flexibility index (Phi) is 6.93. The topological polar surface area (TPSA) is 12.5 Å². The molecule has 0 saturated carbocycles. The fraction of sp³-hybridized carbons (Fsp3) is 0.333. The summed E-state index contributed by atoms with van der Waals surface area (Å²) in [5.74, 6) is 0. The van der Waals surface area contributed by atoms with Gasteiger partial charge in [0.05, 0.1) is 6.61 Å². The van der Waals surface area contributed by atoms with Crippen LogP contribution in [0.15, 0.2) is 94.7 Å². The molecule has 0 N–H and O–H groups in total. The van der Waals surface area contributed by atoms with E-state index >= 15 is 0 Å². The van der Waals surface area contributed by atoms with Crippen LogP contribution in [0.4, 0.5) is 0 Å². The molecule has 1 unspecified atom stereocenters. The summed E-state index contributed by atoms with van der Waals surface area (Å²) in [5, 5.41) is 0. The van der Waals surface area contributed by atoms with Gasteiger partial charge in [0.2, 0.25) is 0 Å². The number of hydrogen-bond donors (Lipinski definition) is 0. The van der Waals surface area contributed by atoms with E-state index in [0.717, 1.165) is 39.1 Å². The second kappa shape index (κ2) is 9.82. The Labute approximate surface area is 183 Å². The molecule has 158 valence electrons. The molecule has 3 aromatic carbocycles. The van der Waals surface area contributed by atoms with E-state index in [9.17, 15) is 0 Å². The van der Waals surface area contributed by atoms with Crippen LogP contribution in [-0.2, 0) is 17.7 Å². The molecule has 1 heterocycles. The van der Waals surface area contributed by atoms with Crippen LogP contribution in [0.2, 0.25) is 0 Å². The van der Waals surface area contributed by atoms with Crippen molar-refractivity contribution in [3.05, 3.63) is 96.1 Å². The van der Waals surface area contributed by atoms with E-state index in [2.05, 4.69) is 103 Å². The van der Waals surface area contributed by atoms with Gasteiger partial charge >= 0.3 is 0 Å². The fourth-order valence-corrected chi connectivity index (χ4v) is 7.97. The molecule has 0 aliphatic carbocycles. The molecular weight excluding hydrogens is 386 g/mol. The van der Waals surface area contributed by atoms with Crippen LogP contribution in [0.25, 0.3) is 0 Å². The zero-order chi connectivity index (χ0) is 20.8. The predicted octanol–water partition coefficient (Wildman–Crippen LogP) is 6.35. The molecule has 1 fully saturated rings. The maximum Gasteiger partial charge on any atom is 0.108 e. The fourth-order valence-electron chi connectivity index (χ4n) is 4.46. The summed E-state index contributed by atoms with van der Waals surface area (Å²) in [6.45, 7) is 6.01. The van der Waals surface area contributed by atoms with Crippen LogP contribution < -0.4 is 0 Å². The second-order valence-corrected chi connectivity index (χ2v) is 11.6. The van der Waals surface area contributed by atoms with Gasteiger partial charge in [0.25, 0.3) is 0 Å². The van der Waals surface area contributed by atoms with Gasteiger partial charge in [-0.3, -0.25) is 4.90 Å². The largest absolute Gasteiger partial charge is 0.366 e. The maximum absolute atomic E-state index is 6.55. The van der Waals surface area contributed by atoms with Gasteiger partial charge in [0.1, 0.15) is 5.44 Å². The van der Waals surface area contributed by atoms with E-state index in [1.54, 1.807) is 0 Å². The van der Waals surface area contributed by atoms with Gasteiger partial charge in [-0.2, -0.15) is 10.0 Å². The number of rotatable bonds is 7. The number of benzene rings is 3. The predicted molar refractivity (Wildman–Crippen MR) is 128 cm³/mol. The van der Waals surface area contributed by atoms with Crippen molar-refractivity contribution in [1.29, 1.82) is 0 Å². The average Bonchev–Trinajstić information content (AvgIpc) is 2.81. The normalized spacial score (nSPS) is 20.4. The van der Waals surface area contributed by atoms with Crippen molar-refractivity contribution in [3.8, 4) is 0 Å². The summed E-state index contributed by atoms with van der Waals surface area (Å²) >= 11 is 0. The van der Waals surface area contributed by atoms with Gasteiger partial charge in [-0.05, 0) is 51.8 Å². The van der Waals surface area contributed by atoms with Gasteiger partial charge in [-0.15, -0.1) is 0 Å². The molecule has 3 heteroatoms. The Hall–Kier alpha value is -2.07. The first-order valence-electron chi connectivity index (χ1n) is 11.0. The highest BCUT2D eigenvalue weighted by molar-refractivity contribution is 8.33. The third kappa shape index (κ3) is 4.49. The Morgan fingerprint density at radius 1 is 0.900 bits per heavy atom. The number of ether oxygens (including phenoxy) is 1. The SMILES string of the molecule is CCCc1ccccc1S(C)(c1ccccc1)[C@@H]1CN(Cc2ccccc2)CCO1. The lowest BCUT2D eigenvalue weighted by Gasteiger charge is -2.48. The minimum atomic E-state index is -1.34. The first-order chi connectivity index (χ1) is 14.7. The molecule has 0 amide bonds. The minimum Gasteiger partial charge on any atom is -0.366 e. The lowest BCUT2D eigenvalue weighted by molar-refractivity contribution is 0.0124. The summed E-state index contributed by atoms with van der Waals surface area (Å²) in [6.07, 6.45) is 4.74. The zero-order valence-corrected chi connectivity index (χ0v) is 19.0. The molecule has 2 nitrogen and oxygen atoms in total. The Morgan fingerprint density at radius 2 is 1.57 bits per heavy atom. The van der Waals surface area contributed by atoms with E-state index in [1.807, 2.05) is 0 Å². The maximum atomic E-state index is 6.55. The van der Waals surface area contributed by atoms with Crippen LogP contribution in [-0.4, -0.2) is 36.3 Å². The molecular formula is C27H33NOS. The second-order valence-electron chi connectivity index (χ2n) is 8.17. The summed E-state index contributed by atoms with van der Waals surface area (Å²) in [6, 6.07) is 30.9. The van der Waals surface area contributed by atoms with Crippen LogP contribution in [0.5, 0.6) is 0 Å². The molecule has 3 aromatic rings. The zero-order valence-electron chi connectivity index (χ0n) is 18.2. The van der Waals surface area contributed by atoms with E-state index in [4.69, 9.17) is 4.74 Å². The molecule has 1 aliphatic heterocycles. The van der Waals surface area contributed by atoms with Crippen molar-refractivity contribution in [3.63, 3.8) is 0 Å². The third-order valence-corrected chi connectivity index (χ3v) is 9.98. The minimum absolute atomic E-state index is 0.190. The number of aryl methyl sites for hydroxylation is 1. The molecule has 0 aromatic heterocycles. The van der Waals surface area contributed by atoms with E-state index < -0.39 is 10.0 Å². The lowest BCUT2D eigenvalue weighted by atomic mass is 10.1. The summed E-state index contributed by atoms with van der Waals surface area (Å²) in [5.41, 5.74) is 3.04. The molecule has 0 bridgehead atoms. The van der Waals surface area contributed by atoms with Gasteiger partial charge in [-0.25, -0.2) is 0 Å². The van der Waals surface area contributed by atoms with Crippen molar-refractivity contribution in [2.45, 2.75) is 41.5 Å². The molecule has 0 radical (unpaired) electrons. The van der Waals surface area contributed by atoms with E-state index in [0.29, 0.717) is 0 Å². The van der Waals surface area contributed by atoms with Gasteiger partial charge in [0.15, 0.2) is 0 Å². The standard InChI is InChI=1S/C27H33NOS/c1-3-12-24-15-10-11-18-26(24)30(2,25-16-8-5-9-17-25)27-22-28(19-20-29-27)21-23-13-6-4-7-14-23/h4-11,13-18,27H,3,12,19-22H2,1-2H3/t27-/m1/s1. The summed E-state index contributed by atoms with van der Waals surface area (Å²) < 4.78 is 6.55. The quantitative estimate of drug-likeness (QED) is 0.442. The number of nitrogens with zero attached hydrogens (tertiary/aromatic N) is 1. The van der Waals surface area contributed by atoms with Crippen molar-refractivity contribution in [2.75, 3.05) is 26.0 Å². The highest BCUT2D eigenvalue weighted by Crippen LogP contribution is 2.64. The lowest BCUT2D eigenvalue weighted by Crippen LogP contribution is -2.44. The molecule has 1 aliphatic rings.